The molecule has 0 spiro atoms. The SMILES string of the molecule is Cc1cc(-c2cc(C(=O)NCc3ccc(Cn4cccn4)cc3)c3c(C)noc3n2)c(C)o1. The van der Waals surface area contributed by atoms with Gasteiger partial charge in [0.05, 0.1) is 28.9 Å². The number of rotatable bonds is 6. The standard InChI is InChI=1S/C25H23N5O3/c1-15-11-20(17(3)32-15)22-12-21(23-16(2)29-33-25(23)28-22)24(31)26-13-18-5-7-19(8-6-18)14-30-10-4-9-27-30/h4-12H,13-14H2,1-3H3,(H,26,31). The van der Waals surface area contributed by atoms with Gasteiger partial charge in [0.15, 0.2) is 0 Å². The summed E-state index contributed by atoms with van der Waals surface area (Å²) in [7, 11) is 0. The first-order valence-corrected chi connectivity index (χ1v) is 10.7. The highest BCUT2D eigenvalue weighted by atomic mass is 16.5. The fraction of sp³-hybridized carbons (Fsp3) is 0.200. The zero-order valence-corrected chi connectivity index (χ0v) is 18.6. The number of hydrogen-bond acceptors (Lipinski definition) is 6. The van der Waals surface area contributed by atoms with Crippen molar-refractivity contribution in [2.75, 3.05) is 0 Å². The van der Waals surface area contributed by atoms with Gasteiger partial charge in [-0.3, -0.25) is 9.48 Å². The molecule has 8 nitrogen and oxygen atoms in total. The molecule has 4 aromatic heterocycles. The lowest BCUT2D eigenvalue weighted by molar-refractivity contribution is 0.0952. The Labute approximate surface area is 190 Å². The van der Waals surface area contributed by atoms with Crippen molar-refractivity contribution in [3.8, 4) is 11.3 Å². The summed E-state index contributed by atoms with van der Waals surface area (Å²) in [5.41, 5.74) is 5.00. The summed E-state index contributed by atoms with van der Waals surface area (Å²) in [6, 6.07) is 13.7. The molecule has 166 valence electrons. The van der Waals surface area contributed by atoms with E-state index in [0.717, 1.165) is 28.2 Å². The monoisotopic (exact) mass is 441 g/mol. The number of furan rings is 1. The molecule has 8 heteroatoms. The molecule has 0 aliphatic heterocycles. The molecule has 0 aliphatic carbocycles. The van der Waals surface area contributed by atoms with Crippen molar-refractivity contribution in [1.82, 2.24) is 25.2 Å². The number of benzene rings is 1. The van der Waals surface area contributed by atoms with Gasteiger partial charge in [-0.15, -0.1) is 0 Å². The molecule has 33 heavy (non-hydrogen) atoms. The highest BCUT2D eigenvalue weighted by Crippen LogP contribution is 2.30. The smallest absolute Gasteiger partial charge is 0.259 e. The van der Waals surface area contributed by atoms with Gasteiger partial charge < -0.3 is 14.3 Å². The van der Waals surface area contributed by atoms with E-state index in [4.69, 9.17) is 8.94 Å². The van der Waals surface area contributed by atoms with E-state index in [2.05, 4.69) is 20.6 Å². The van der Waals surface area contributed by atoms with Crippen LogP contribution in [0.15, 0.2) is 63.8 Å². The number of pyridine rings is 1. The number of carbonyl (C=O) groups excluding carboxylic acids is 1. The van der Waals surface area contributed by atoms with Crippen molar-refractivity contribution < 1.29 is 13.7 Å². The average molecular weight is 441 g/mol. The van der Waals surface area contributed by atoms with E-state index in [-0.39, 0.29) is 5.91 Å². The molecular weight excluding hydrogens is 418 g/mol. The van der Waals surface area contributed by atoms with Gasteiger partial charge in [-0.25, -0.2) is 4.98 Å². The highest BCUT2D eigenvalue weighted by Gasteiger charge is 2.21. The molecule has 0 saturated carbocycles. The molecule has 0 fully saturated rings. The van der Waals surface area contributed by atoms with Gasteiger partial charge >= 0.3 is 0 Å². The number of aromatic nitrogens is 4. The van der Waals surface area contributed by atoms with Gasteiger partial charge in [-0.1, -0.05) is 29.4 Å². The van der Waals surface area contributed by atoms with Crippen LogP contribution in [0, 0.1) is 20.8 Å². The minimum atomic E-state index is -0.214. The van der Waals surface area contributed by atoms with Crippen LogP contribution < -0.4 is 5.32 Å². The molecule has 1 N–H and O–H groups in total. The number of nitrogens with one attached hydrogen (secondary N) is 1. The lowest BCUT2D eigenvalue weighted by Crippen LogP contribution is -2.23. The van der Waals surface area contributed by atoms with E-state index in [0.29, 0.717) is 41.1 Å². The summed E-state index contributed by atoms with van der Waals surface area (Å²) in [6.45, 7) is 6.65. The molecule has 4 heterocycles. The van der Waals surface area contributed by atoms with Crippen LogP contribution in [0.25, 0.3) is 22.4 Å². The number of aryl methyl sites for hydroxylation is 3. The van der Waals surface area contributed by atoms with E-state index in [1.165, 1.54) is 0 Å². The molecule has 0 aliphatic rings. The largest absolute Gasteiger partial charge is 0.466 e. The van der Waals surface area contributed by atoms with Crippen LogP contribution in [0.2, 0.25) is 0 Å². The molecule has 0 unspecified atom stereocenters. The van der Waals surface area contributed by atoms with Crippen LogP contribution in [0.3, 0.4) is 0 Å². The third-order valence-electron chi connectivity index (χ3n) is 5.56. The van der Waals surface area contributed by atoms with Crippen molar-refractivity contribution in [3.05, 3.63) is 88.8 Å². The molecule has 1 aromatic carbocycles. The fourth-order valence-corrected chi connectivity index (χ4v) is 3.92. The van der Waals surface area contributed by atoms with Crippen LogP contribution in [0.4, 0.5) is 0 Å². The van der Waals surface area contributed by atoms with Gasteiger partial charge in [-0.2, -0.15) is 5.10 Å². The van der Waals surface area contributed by atoms with Crippen LogP contribution in [-0.2, 0) is 13.1 Å². The van der Waals surface area contributed by atoms with E-state index < -0.39 is 0 Å². The van der Waals surface area contributed by atoms with Crippen molar-refractivity contribution >= 4 is 17.0 Å². The lowest BCUT2D eigenvalue weighted by atomic mass is 10.1. The molecule has 0 radical (unpaired) electrons. The Balaban J connectivity index is 1.37. The topological polar surface area (TPSA) is 99.0 Å². The Morgan fingerprint density at radius 1 is 1.09 bits per heavy atom. The molecule has 0 atom stereocenters. The molecule has 0 bridgehead atoms. The zero-order valence-electron chi connectivity index (χ0n) is 18.6. The first-order chi connectivity index (χ1) is 16.0. The second-order valence-electron chi connectivity index (χ2n) is 8.03. The van der Waals surface area contributed by atoms with Crippen molar-refractivity contribution in [2.24, 2.45) is 0 Å². The lowest BCUT2D eigenvalue weighted by Gasteiger charge is -2.09. The Kier molecular flexibility index (Phi) is 5.26. The molecule has 0 saturated heterocycles. The number of fused-ring (bicyclic) bond motifs is 1. The highest BCUT2D eigenvalue weighted by molar-refractivity contribution is 6.07. The van der Waals surface area contributed by atoms with Crippen LogP contribution in [0.5, 0.6) is 0 Å². The first kappa shape index (κ1) is 20.7. The molecule has 5 aromatic rings. The predicted octanol–water partition coefficient (Wildman–Crippen LogP) is 4.58. The summed E-state index contributed by atoms with van der Waals surface area (Å²) in [5.74, 6) is 1.30. The zero-order chi connectivity index (χ0) is 22.9. The molecule has 5 rings (SSSR count). The maximum atomic E-state index is 13.2. The van der Waals surface area contributed by atoms with Crippen LogP contribution >= 0.6 is 0 Å². The summed E-state index contributed by atoms with van der Waals surface area (Å²) >= 11 is 0. The minimum absolute atomic E-state index is 0.214. The summed E-state index contributed by atoms with van der Waals surface area (Å²) < 4.78 is 12.9. The van der Waals surface area contributed by atoms with Crippen LogP contribution in [-0.4, -0.2) is 25.8 Å². The van der Waals surface area contributed by atoms with Gasteiger partial charge in [0.25, 0.3) is 11.6 Å². The predicted molar refractivity (Wildman–Crippen MR) is 123 cm³/mol. The van der Waals surface area contributed by atoms with E-state index >= 15 is 0 Å². The summed E-state index contributed by atoms with van der Waals surface area (Å²) in [4.78, 5) is 17.8. The fourth-order valence-electron chi connectivity index (χ4n) is 3.92. The first-order valence-electron chi connectivity index (χ1n) is 10.7. The third-order valence-corrected chi connectivity index (χ3v) is 5.56. The number of hydrogen-bond donors (Lipinski definition) is 1. The van der Waals surface area contributed by atoms with Gasteiger partial charge in [0.1, 0.15) is 11.5 Å². The van der Waals surface area contributed by atoms with Gasteiger partial charge in [-0.05, 0) is 50.1 Å². The number of carbonyl (C=O) groups is 1. The van der Waals surface area contributed by atoms with Crippen molar-refractivity contribution in [1.29, 1.82) is 0 Å². The minimum Gasteiger partial charge on any atom is -0.466 e. The number of amides is 1. The van der Waals surface area contributed by atoms with Crippen molar-refractivity contribution in [3.63, 3.8) is 0 Å². The summed E-state index contributed by atoms with van der Waals surface area (Å²) in [6.07, 6.45) is 3.69. The number of nitrogens with zero attached hydrogens (tertiary/aromatic N) is 4. The maximum absolute atomic E-state index is 13.2. The normalized spacial score (nSPS) is 11.2. The third kappa shape index (κ3) is 4.15. The van der Waals surface area contributed by atoms with Gasteiger partial charge in [0, 0.05) is 24.5 Å². The molecular formula is C25H23N5O3. The van der Waals surface area contributed by atoms with Gasteiger partial charge in [0.2, 0.25) is 0 Å². The Bertz CT molecular complexity index is 1430. The van der Waals surface area contributed by atoms with E-state index in [1.807, 2.05) is 61.1 Å². The second kappa shape index (κ2) is 8.38. The quantitative estimate of drug-likeness (QED) is 0.414. The Morgan fingerprint density at radius 3 is 2.58 bits per heavy atom. The molecule has 1 amide bonds. The average Bonchev–Trinajstić information content (AvgIpc) is 3.53. The Morgan fingerprint density at radius 2 is 1.88 bits per heavy atom. The maximum Gasteiger partial charge on any atom is 0.259 e. The second-order valence-corrected chi connectivity index (χ2v) is 8.03. The van der Waals surface area contributed by atoms with E-state index in [9.17, 15) is 4.79 Å². The Hall–Kier alpha value is -4.20. The van der Waals surface area contributed by atoms with Crippen molar-refractivity contribution in [2.45, 2.75) is 33.9 Å². The summed E-state index contributed by atoms with van der Waals surface area (Å²) in [5, 5.41) is 11.9. The van der Waals surface area contributed by atoms with Crippen LogP contribution in [0.1, 0.15) is 38.7 Å². The van der Waals surface area contributed by atoms with E-state index in [1.54, 1.807) is 19.2 Å².